The van der Waals surface area contributed by atoms with Crippen LogP contribution in [-0.2, 0) is 10.4 Å². The summed E-state index contributed by atoms with van der Waals surface area (Å²) in [6.45, 7) is 6.78. The Kier molecular flexibility index (Phi) is 5.59. The van der Waals surface area contributed by atoms with Gasteiger partial charge in [-0.25, -0.2) is 19.7 Å². The summed E-state index contributed by atoms with van der Waals surface area (Å²) < 4.78 is 12.0. The van der Waals surface area contributed by atoms with Gasteiger partial charge in [0, 0.05) is 48.6 Å². The van der Waals surface area contributed by atoms with Gasteiger partial charge in [0.2, 0.25) is 17.7 Å². The number of aromatic nitrogens is 3. The molecule has 1 aromatic carbocycles. The van der Waals surface area contributed by atoms with Crippen LogP contribution in [0.4, 0.5) is 27.8 Å². The molecule has 0 spiro atoms. The Morgan fingerprint density at radius 1 is 1.16 bits per heavy atom. The van der Waals surface area contributed by atoms with Crippen LogP contribution in [0.1, 0.15) is 39.3 Å². The Bertz CT molecular complexity index is 1460. The molecule has 0 saturated carbocycles. The lowest BCUT2D eigenvalue weighted by molar-refractivity contribution is -0.117. The second kappa shape index (κ2) is 8.86. The van der Waals surface area contributed by atoms with E-state index in [4.69, 9.17) is 14.5 Å². The highest BCUT2D eigenvalue weighted by Gasteiger charge is 2.36. The Morgan fingerprint density at radius 2 is 2.00 bits per heavy atom. The summed E-state index contributed by atoms with van der Waals surface area (Å²) in [6.07, 6.45) is 4.82. The Balaban J connectivity index is 1.32. The molecule has 196 valence electrons. The maximum absolute atomic E-state index is 12.4. The minimum atomic E-state index is -0.737. The van der Waals surface area contributed by atoms with Gasteiger partial charge in [-0.1, -0.05) is 0 Å². The molecule has 0 bridgehead atoms. The van der Waals surface area contributed by atoms with Crippen LogP contribution in [-0.4, -0.2) is 53.1 Å². The normalized spacial score (nSPS) is 19.1. The fourth-order valence-electron chi connectivity index (χ4n) is 5.26. The van der Waals surface area contributed by atoms with Gasteiger partial charge < -0.3 is 25.0 Å². The summed E-state index contributed by atoms with van der Waals surface area (Å²) in [6, 6.07) is 7.57. The molecule has 0 unspecified atom stereocenters. The number of pyridine rings is 1. The Morgan fingerprint density at radius 3 is 2.76 bits per heavy atom. The monoisotopic (exact) mass is 515 g/mol. The van der Waals surface area contributed by atoms with Crippen LogP contribution in [0.3, 0.4) is 0 Å². The fourth-order valence-corrected chi connectivity index (χ4v) is 5.26. The van der Waals surface area contributed by atoms with E-state index < -0.39 is 5.60 Å². The van der Waals surface area contributed by atoms with Crippen molar-refractivity contribution in [2.75, 3.05) is 35.3 Å². The number of carbonyl (C=O) groups excluding carboxylic acids is 2. The molecular weight excluding hydrogens is 486 g/mol. The second-order valence-corrected chi connectivity index (χ2v) is 10.1. The summed E-state index contributed by atoms with van der Waals surface area (Å²) in [5.41, 5.74) is 3.78. The average Bonchev–Trinajstić information content (AvgIpc) is 3.25. The van der Waals surface area contributed by atoms with Crippen molar-refractivity contribution in [3.05, 3.63) is 42.4 Å². The molecule has 1 saturated heterocycles. The lowest BCUT2D eigenvalue weighted by Crippen LogP contribution is -2.43. The molecule has 0 aliphatic carbocycles. The highest BCUT2D eigenvalue weighted by molar-refractivity contribution is 5.97. The van der Waals surface area contributed by atoms with Crippen molar-refractivity contribution in [3.8, 4) is 22.8 Å². The van der Waals surface area contributed by atoms with E-state index in [2.05, 4.69) is 27.5 Å². The first-order valence-electron chi connectivity index (χ1n) is 12.7. The van der Waals surface area contributed by atoms with Crippen molar-refractivity contribution in [1.29, 1.82) is 0 Å². The van der Waals surface area contributed by atoms with Crippen molar-refractivity contribution < 1.29 is 19.1 Å². The third-order valence-electron chi connectivity index (χ3n) is 7.13. The molecule has 3 aromatic rings. The smallest absolute Gasteiger partial charge is 0.321 e. The van der Waals surface area contributed by atoms with Gasteiger partial charge in [0.05, 0.1) is 24.1 Å². The van der Waals surface area contributed by atoms with E-state index in [1.165, 1.54) is 0 Å². The zero-order valence-corrected chi connectivity index (χ0v) is 21.7. The number of fused-ring (bicyclic) bond motifs is 4. The van der Waals surface area contributed by atoms with E-state index in [-0.39, 0.29) is 18.0 Å². The molecule has 1 atom stereocenters. The van der Waals surface area contributed by atoms with E-state index in [9.17, 15) is 9.59 Å². The van der Waals surface area contributed by atoms with E-state index >= 15 is 0 Å². The fraction of sp³-hybridized carbons (Fsp3) is 0.370. The highest BCUT2D eigenvalue weighted by atomic mass is 16.5. The molecule has 5 heterocycles. The number of nitrogens with zero attached hydrogens (tertiary/aromatic N) is 5. The maximum atomic E-state index is 12.4. The number of rotatable bonds is 3. The van der Waals surface area contributed by atoms with Crippen LogP contribution in [0.15, 0.2) is 36.7 Å². The molecule has 11 heteroatoms. The van der Waals surface area contributed by atoms with Gasteiger partial charge >= 0.3 is 6.03 Å². The van der Waals surface area contributed by atoms with Crippen LogP contribution in [0.2, 0.25) is 0 Å². The summed E-state index contributed by atoms with van der Waals surface area (Å²) in [5, 5.41) is 5.85. The zero-order chi connectivity index (χ0) is 26.6. The minimum Gasteiger partial charge on any atom is -0.481 e. The molecule has 0 radical (unpaired) electrons. The summed E-state index contributed by atoms with van der Waals surface area (Å²) in [4.78, 5) is 41.9. The number of hydrogen-bond donors (Lipinski definition) is 2. The molecule has 6 rings (SSSR count). The number of carbonyl (C=O) groups is 2. The van der Waals surface area contributed by atoms with E-state index in [0.29, 0.717) is 48.5 Å². The summed E-state index contributed by atoms with van der Waals surface area (Å²) >= 11 is 0. The second-order valence-electron chi connectivity index (χ2n) is 10.1. The van der Waals surface area contributed by atoms with E-state index in [1.807, 2.05) is 36.9 Å². The largest absolute Gasteiger partial charge is 0.481 e. The predicted octanol–water partition coefficient (Wildman–Crippen LogP) is 3.96. The molecule has 2 N–H and O–H groups in total. The molecule has 1 fully saturated rings. The first-order valence-corrected chi connectivity index (χ1v) is 12.7. The number of hydrogen-bond acceptors (Lipinski definition) is 8. The van der Waals surface area contributed by atoms with Gasteiger partial charge in [0.1, 0.15) is 23.6 Å². The van der Waals surface area contributed by atoms with Gasteiger partial charge in [-0.15, -0.1) is 0 Å². The lowest BCUT2D eigenvalue weighted by atomic mass is 9.91. The first-order chi connectivity index (χ1) is 18.2. The summed E-state index contributed by atoms with van der Waals surface area (Å²) in [5.74, 6) is 1.60. The number of amides is 3. The van der Waals surface area contributed by atoms with Gasteiger partial charge in [-0.05, 0) is 45.4 Å². The quantitative estimate of drug-likeness (QED) is 0.538. The summed E-state index contributed by atoms with van der Waals surface area (Å²) in [7, 11) is 1.59. The molecule has 3 aliphatic heterocycles. The lowest BCUT2D eigenvalue weighted by Gasteiger charge is -2.34. The van der Waals surface area contributed by atoms with Crippen molar-refractivity contribution in [3.63, 3.8) is 0 Å². The van der Waals surface area contributed by atoms with Crippen LogP contribution in [0.5, 0.6) is 11.6 Å². The van der Waals surface area contributed by atoms with Crippen LogP contribution in [0, 0.1) is 0 Å². The van der Waals surface area contributed by atoms with Gasteiger partial charge in [-0.2, -0.15) is 0 Å². The molecular formula is C27H29N7O4. The minimum absolute atomic E-state index is 0.133. The average molecular weight is 516 g/mol. The third kappa shape index (κ3) is 3.94. The zero-order valence-electron chi connectivity index (χ0n) is 21.7. The predicted molar refractivity (Wildman–Crippen MR) is 142 cm³/mol. The SMILES string of the molecule is CNC(=O)N1CCOc2ncc(Nc3ncc4c(n3)C(C)(C)Oc3cc(N5C(=O)CC[C@H]5C)ccc3-4)cc21. The number of ether oxygens (including phenoxy) is 2. The van der Waals surface area contributed by atoms with E-state index in [1.54, 1.807) is 30.4 Å². The molecule has 11 nitrogen and oxygen atoms in total. The van der Waals surface area contributed by atoms with Crippen molar-refractivity contribution in [1.82, 2.24) is 20.3 Å². The van der Waals surface area contributed by atoms with E-state index in [0.717, 1.165) is 28.9 Å². The highest BCUT2D eigenvalue weighted by Crippen LogP contribution is 2.46. The molecule has 2 aromatic heterocycles. The molecule has 38 heavy (non-hydrogen) atoms. The van der Waals surface area contributed by atoms with Crippen LogP contribution < -0.4 is 29.9 Å². The number of anilines is 4. The Hall–Kier alpha value is -4.41. The van der Waals surface area contributed by atoms with Gasteiger partial charge in [-0.3, -0.25) is 9.69 Å². The van der Waals surface area contributed by atoms with Crippen molar-refractivity contribution in [2.45, 2.75) is 45.3 Å². The molecule has 3 amide bonds. The number of benzene rings is 1. The van der Waals surface area contributed by atoms with Gasteiger partial charge in [0.25, 0.3) is 0 Å². The Labute approximate surface area is 220 Å². The maximum Gasteiger partial charge on any atom is 0.321 e. The standard InChI is InChI=1S/C27H29N7O4/c1-15-5-8-22(35)34(15)17-6-7-18-19-14-30-25(32-23(19)27(2,3)38-21(18)12-17)31-16-11-20-24(29-13-16)37-10-9-33(20)26(36)28-4/h6-7,11-15H,5,8-10H2,1-4H3,(H,28,36)(H,30,31,32)/t15-/m1/s1. The van der Waals surface area contributed by atoms with Crippen LogP contribution >= 0.6 is 0 Å². The number of nitrogens with one attached hydrogen (secondary N) is 2. The number of urea groups is 1. The van der Waals surface area contributed by atoms with Crippen molar-refractivity contribution in [2.24, 2.45) is 0 Å². The van der Waals surface area contributed by atoms with Crippen molar-refractivity contribution >= 4 is 34.9 Å². The third-order valence-corrected chi connectivity index (χ3v) is 7.13. The van der Waals surface area contributed by atoms with Gasteiger partial charge in [0.15, 0.2) is 0 Å². The first kappa shape index (κ1) is 24.0. The molecule has 3 aliphatic rings. The topological polar surface area (TPSA) is 122 Å². The van der Waals surface area contributed by atoms with Crippen LogP contribution in [0.25, 0.3) is 11.1 Å².